The van der Waals surface area contributed by atoms with Crippen molar-refractivity contribution in [2.75, 3.05) is 0 Å². The van der Waals surface area contributed by atoms with E-state index in [1.807, 2.05) is 0 Å². The van der Waals surface area contributed by atoms with Gasteiger partial charge in [-0.25, -0.2) is 4.57 Å². The molecule has 0 unspecified atom stereocenters. The van der Waals surface area contributed by atoms with E-state index in [9.17, 15) is 0 Å². The summed E-state index contributed by atoms with van der Waals surface area (Å²) in [6.07, 6.45) is 4.54. The van der Waals surface area contributed by atoms with Crippen LogP contribution < -0.4 is 5.73 Å². The molecule has 3 rings (SSSR count). The molecule has 24 heavy (non-hydrogen) atoms. The third-order valence-electron chi connectivity index (χ3n) is 4.54. The van der Waals surface area contributed by atoms with E-state index in [4.69, 9.17) is 25.0 Å². The fraction of sp³-hybridized carbons (Fsp3) is 0.333. The quantitative estimate of drug-likeness (QED) is 0.624. The number of phosphoric acid groups is 1. The van der Waals surface area contributed by atoms with Gasteiger partial charge in [-0.1, -0.05) is 60.7 Å². The molecule has 0 spiro atoms. The van der Waals surface area contributed by atoms with Gasteiger partial charge in [0.25, 0.3) is 0 Å². The Balaban J connectivity index is 0.000000368. The van der Waals surface area contributed by atoms with E-state index in [2.05, 4.69) is 60.7 Å². The van der Waals surface area contributed by atoms with Crippen molar-refractivity contribution in [3.8, 4) is 0 Å². The van der Waals surface area contributed by atoms with Crippen LogP contribution >= 0.6 is 7.82 Å². The van der Waals surface area contributed by atoms with Crippen molar-refractivity contribution in [2.24, 2.45) is 5.73 Å². The van der Waals surface area contributed by atoms with Gasteiger partial charge in [-0.05, 0) is 36.8 Å². The molecule has 2 aromatic rings. The van der Waals surface area contributed by atoms with Gasteiger partial charge in [-0.2, -0.15) is 0 Å². The van der Waals surface area contributed by atoms with E-state index < -0.39 is 7.82 Å². The number of rotatable bonds is 2. The molecule has 1 aliphatic rings. The van der Waals surface area contributed by atoms with Crippen molar-refractivity contribution >= 4 is 7.82 Å². The second-order valence-corrected chi connectivity index (χ2v) is 7.19. The predicted octanol–water partition coefficient (Wildman–Crippen LogP) is 2.95. The molecule has 0 saturated heterocycles. The minimum absolute atomic E-state index is 0.165. The predicted molar refractivity (Wildman–Crippen MR) is 94.4 cm³/mol. The third kappa shape index (κ3) is 5.26. The Morgan fingerprint density at radius 3 is 1.50 bits per heavy atom. The summed E-state index contributed by atoms with van der Waals surface area (Å²) in [6, 6.07) is 22.2. The molecule has 0 heterocycles. The van der Waals surface area contributed by atoms with Crippen molar-refractivity contribution in [1.82, 2.24) is 0 Å². The van der Waals surface area contributed by atoms with Crippen LogP contribution in [0.5, 0.6) is 0 Å². The number of hydrogen-bond acceptors (Lipinski definition) is 2. The zero-order valence-corrected chi connectivity index (χ0v) is 14.3. The molecule has 1 saturated carbocycles. The van der Waals surface area contributed by atoms with E-state index in [0.717, 1.165) is 25.7 Å². The summed E-state index contributed by atoms with van der Waals surface area (Å²) in [5.41, 5.74) is 9.15. The summed E-state index contributed by atoms with van der Waals surface area (Å²) in [5, 5.41) is 0. The maximum absolute atomic E-state index is 8.88. The Morgan fingerprint density at radius 2 is 1.17 bits per heavy atom. The molecule has 0 atom stereocenters. The molecular formula is C18H24NO4P. The minimum atomic E-state index is -4.64. The lowest BCUT2D eigenvalue weighted by atomic mass is 9.64. The number of benzene rings is 2. The summed E-state index contributed by atoms with van der Waals surface area (Å²) in [6.45, 7) is 0. The molecule has 5 nitrogen and oxygen atoms in total. The van der Waals surface area contributed by atoms with Crippen LogP contribution in [0.4, 0.5) is 0 Å². The van der Waals surface area contributed by atoms with Crippen LogP contribution in [0, 0.1) is 0 Å². The van der Waals surface area contributed by atoms with Crippen LogP contribution in [-0.2, 0) is 9.98 Å². The first-order valence-corrected chi connectivity index (χ1v) is 9.53. The van der Waals surface area contributed by atoms with Gasteiger partial charge in [-0.15, -0.1) is 0 Å². The van der Waals surface area contributed by atoms with Crippen LogP contribution in [0.2, 0.25) is 0 Å². The van der Waals surface area contributed by atoms with Gasteiger partial charge in [0.2, 0.25) is 0 Å². The van der Waals surface area contributed by atoms with E-state index in [1.54, 1.807) is 0 Å². The summed E-state index contributed by atoms with van der Waals surface area (Å²) in [5.74, 6) is 0. The first kappa shape index (κ1) is 18.8. The molecule has 0 amide bonds. The molecule has 5 N–H and O–H groups in total. The summed E-state index contributed by atoms with van der Waals surface area (Å²) in [4.78, 5) is 21.6. The average Bonchev–Trinajstić information content (AvgIpc) is 2.56. The van der Waals surface area contributed by atoms with Gasteiger partial charge >= 0.3 is 7.82 Å². The Bertz CT molecular complexity index is 614. The second kappa shape index (κ2) is 8.06. The number of nitrogens with two attached hydrogens (primary N) is 1. The maximum Gasteiger partial charge on any atom is 0.466 e. The largest absolute Gasteiger partial charge is 0.466 e. The van der Waals surface area contributed by atoms with Crippen LogP contribution in [-0.4, -0.2) is 20.7 Å². The highest BCUT2D eigenvalue weighted by Crippen LogP contribution is 2.44. The maximum atomic E-state index is 8.88. The third-order valence-corrected chi connectivity index (χ3v) is 4.54. The average molecular weight is 349 g/mol. The fourth-order valence-electron chi connectivity index (χ4n) is 3.39. The molecule has 130 valence electrons. The normalized spacial score (nSPS) is 17.7. The molecular weight excluding hydrogens is 325 g/mol. The molecule has 0 aromatic heterocycles. The highest BCUT2D eigenvalue weighted by molar-refractivity contribution is 7.45. The molecule has 0 aliphatic heterocycles. The van der Waals surface area contributed by atoms with Gasteiger partial charge in [-0.3, -0.25) is 0 Å². The van der Waals surface area contributed by atoms with Crippen LogP contribution in [0.1, 0.15) is 36.8 Å². The molecule has 0 radical (unpaired) electrons. The second-order valence-electron chi connectivity index (χ2n) is 6.16. The highest BCUT2D eigenvalue weighted by atomic mass is 31.2. The Hall–Kier alpha value is -1.49. The lowest BCUT2D eigenvalue weighted by molar-refractivity contribution is 0.275. The van der Waals surface area contributed by atoms with Crippen LogP contribution in [0.25, 0.3) is 0 Å². The van der Waals surface area contributed by atoms with Gasteiger partial charge in [0, 0.05) is 11.5 Å². The standard InChI is InChI=1S/C18H21N.H3O4P/c19-17-11-13-18(14-12-17,15-7-3-1-4-8-15)16-9-5-2-6-10-16;1-5(2,3)4/h1-10,17H,11-14,19H2;(H3,1,2,3,4). The zero-order valence-electron chi connectivity index (χ0n) is 13.5. The SMILES string of the molecule is NC1CCC(c2ccccc2)(c2ccccc2)CC1.O=P(O)(O)O. The molecule has 1 fully saturated rings. The summed E-state index contributed by atoms with van der Waals surface area (Å²) >= 11 is 0. The van der Waals surface area contributed by atoms with Gasteiger partial charge in [0.1, 0.15) is 0 Å². The Morgan fingerprint density at radius 1 is 0.833 bits per heavy atom. The zero-order chi connectivity index (χ0) is 17.6. The Labute approximate surface area is 142 Å². The van der Waals surface area contributed by atoms with Crippen molar-refractivity contribution in [2.45, 2.75) is 37.1 Å². The van der Waals surface area contributed by atoms with E-state index >= 15 is 0 Å². The lowest BCUT2D eigenvalue weighted by Crippen LogP contribution is -2.37. The highest BCUT2D eigenvalue weighted by Gasteiger charge is 2.37. The van der Waals surface area contributed by atoms with Crippen LogP contribution in [0.15, 0.2) is 60.7 Å². The van der Waals surface area contributed by atoms with E-state index in [1.165, 1.54) is 11.1 Å². The smallest absolute Gasteiger partial charge is 0.328 e. The monoisotopic (exact) mass is 349 g/mol. The van der Waals surface area contributed by atoms with Gasteiger partial charge in [0.05, 0.1) is 0 Å². The van der Waals surface area contributed by atoms with Crippen molar-refractivity contribution in [1.29, 1.82) is 0 Å². The lowest BCUT2D eigenvalue weighted by Gasteiger charge is -2.40. The minimum Gasteiger partial charge on any atom is -0.328 e. The van der Waals surface area contributed by atoms with Gasteiger partial charge in [0.15, 0.2) is 0 Å². The van der Waals surface area contributed by atoms with Crippen molar-refractivity contribution in [3.05, 3.63) is 71.8 Å². The molecule has 0 bridgehead atoms. The first-order chi connectivity index (χ1) is 11.3. The molecule has 1 aliphatic carbocycles. The van der Waals surface area contributed by atoms with Crippen molar-refractivity contribution in [3.63, 3.8) is 0 Å². The van der Waals surface area contributed by atoms with E-state index in [-0.39, 0.29) is 5.41 Å². The van der Waals surface area contributed by atoms with Crippen LogP contribution in [0.3, 0.4) is 0 Å². The van der Waals surface area contributed by atoms with Crippen molar-refractivity contribution < 1.29 is 19.2 Å². The topological polar surface area (TPSA) is 104 Å². The first-order valence-electron chi connectivity index (χ1n) is 7.96. The number of hydrogen-bond donors (Lipinski definition) is 4. The summed E-state index contributed by atoms with van der Waals surface area (Å²) in [7, 11) is -4.64. The molecule has 6 heteroatoms. The van der Waals surface area contributed by atoms with E-state index in [0.29, 0.717) is 6.04 Å². The van der Waals surface area contributed by atoms with Gasteiger partial charge < -0.3 is 20.4 Å². The Kier molecular flexibility index (Phi) is 6.33. The molecule has 2 aromatic carbocycles. The fourth-order valence-corrected chi connectivity index (χ4v) is 3.39. The summed E-state index contributed by atoms with van der Waals surface area (Å²) < 4.78 is 8.88.